The summed E-state index contributed by atoms with van der Waals surface area (Å²) in [6, 6.07) is 0. The number of carbonyl (C=O) groups excluding carboxylic acids is 1. The van der Waals surface area contributed by atoms with E-state index in [1.54, 1.807) is 6.92 Å². The minimum Gasteiger partial charge on any atom is -0.393 e. The summed E-state index contributed by atoms with van der Waals surface area (Å²) in [5.41, 5.74) is 5.39. The number of hydrogen-bond acceptors (Lipinski definition) is 3. The summed E-state index contributed by atoms with van der Waals surface area (Å²) >= 11 is 4.76. The molecule has 0 radical (unpaired) electrons. The maximum absolute atomic E-state index is 11.5. The van der Waals surface area contributed by atoms with E-state index in [1.807, 2.05) is 0 Å². The van der Waals surface area contributed by atoms with Gasteiger partial charge in [-0.05, 0) is 33.0 Å². The van der Waals surface area contributed by atoms with E-state index in [9.17, 15) is 4.79 Å². The molecule has 0 saturated heterocycles. The number of hydrogen-bond donors (Lipinski definition) is 2. The molecule has 0 saturated carbocycles. The van der Waals surface area contributed by atoms with Crippen molar-refractivity contribution < 1.29 is 4.79 Å². The van der Waals surface area contributed by atoms with E-state index < -0.39 is 0 Å². The van der Waals surface area contributed by atoms with Gasteiger partial charge in [-0.3, -0.25) is 4.79 Å². The van der Waals surface area contributed by atoms with Gasteiger partial charge in [-0.1, -0.05) is 26.1 Å². The van der Waals surface area contributed by atoms with E-state index in [0.717, 1.165) is 26.1 Å². The molecule has 16 heavy (non-hydrogen) atoms. The van der Waals surface area contributed by atoms with Crippen molar-refractivity contribution in [2.24, 2.45) is 11.7 Å². The number of nitrogens with two attached hydrogens (primary N) is 1. The van der Waals surface area contributed by atoms with Crippen LogP contribution in [0.5, 0.6) is 0 Å². The van der Waals surface area contributed by atoms with Crippen molar-refractivity contribution in [3.63, 3.8) is 0 Å². The van der Waals surface area contributed by atoms with Gasteiger partial charge < -0.3 is 16.0 Å². The van der Waals surface area contributed by atoms with Crippen LogP contribution in [0.2, 0.25) is 0 Å². The first-order valence-electron chi connectivity index (χ1n) is 5.82. The first-order valence-corrected chi connectivity index (χ1v) is 6.23. The van der Waals surface area contributed by atoms with Crippen LogP contribution in [0.1, 0.15) is 27.2 Å². The topological polar surface area (TPSA) is 58.4 Å². The van der Waals surface area contributed by atoms with Crippen LogP contribution < -0.4 is 11.1 Å². The quantitative estimate of drug-likeness (QED) is 0.489. The third kappa shape index (κ3) is 6.02. The summed E-state index contributed by atoms with van der Waals surface area (Å²) in [5, 5.41) is 2.83. The van der Waals surface area contributed by atoms with E-state index in [0.29, 0.717) is 6.54 Å². The summed E-state index contributed by atoms with van der Waals surface area (Å²) in [6.45, 7) is 9.79. The van der Waals surface area contributed by atoms with E-state index in [1.165, 1.54) is 0 Å². The summed E-state index contributed by atoms with van der Waals surface area (Å²) in [6.07, 6.45) is 0.956. The number of nitrogens with zero attached hydrogens (tertiary/aromatic N) is 1. The van der Waals surface area contributed by atoms with E-state index >= 15 is 0 Å². The van der Waals surface area contributed by atoms with Crippen LogP contribution in [-0.2, 0) is 4.79 Å². The lowest BCUT2D eigenvalue weighted by molar-refractivity contribution is -0.122. The van der Waals surface area contributed by atoms with Crippen LogP contribution in [-0.4, -0.2) is 42.0 Å². The lowest BCUT2D eigenvalue weighted by atomic mass is 10.1. The van der Waals surface area contributed by atoms with Crippen LogP contribution in [0.25, 0.3) is 0 Å². The van der Waals surface area contributed by atoms with E-state index in [-0.39, 0.29) is 16.8 Å². The van der Waals surface area contributed by atoms with Gasteiger partial charge in [0.2, 0.25) is 5.91 Å². The molecule has 0 aliphatic rings. The molecule has 0 spiro atoms. The molecule has 4 nitrogen and oxygen atoms in total. The Bertz CT molecular complexity index is 229. The SMILES string of the molecule is CCN(CC)CCCNC(=O)C(C)C(N)=S. The van der Waals surface area contributed by atoms with Crippen molar-refractivity contribution >= 4 is 23.1 Å². The summed E-state index contributed by atoms with van der Waals surface area (Å²) in [7, 11) is 0. The summed E-state index contributed by atoms with van der Waals surface area (Å²) < 4.78 is 0. The second-order valence-electron chi connectivity index (χ2n) is 3.80. The Kier molecular flexibility index (Phi) is 8.11. The largest absolute Gasteiger partial charge is 0.393 e. The van der Waals surface area contributed by atoms with Gasteiger partial charge in [0.1, 0.15) is 0 Å². The van der Waals surface area contributed by atoms with E-state index in [4.69, 9.17) is 18.0 Å². The number of amides is 1. The molecule has 1 unspecified atom stereocenters. The molecule has 5 heteroatoms. The zero-order valence-corrected chi connectivity index (χ0v) is 11.3. The zero-order chi connectivity index (χ0) is 12.6. The van der Waals surface area contributed by atoms with Crippen LogP contribution in [0.15, 0.2) is 0 Å². The zero-order valence-electron chi connectivity index (χ0n) is 10.5. The van der Waals surface area contributed by atoms with Crippen molar-refractivity contribution in [2.45, 2.75) is 27.2 Å². The highest BCUT2D eigenvalue weighted by molar-refractivity contribution is 7.80. The first-order chi connectivity index (χ1) is 7.52. The number of thiocarbonyl (C=S) groups is 1. The van der Waals surface area contributed by atoms with Crippen molar-refractivity contribution in [1.82, 2.24) is 10.2 Å². The Hall–Kier alpha value is -0.680. The molecule has 0 bridgehead atoms. The van der Waals surface area contributed by atoms with Crippen molar-refractivity contribution in [1.29, 1.82) is 0 Å². The molecular weight excluding hydrogens is 222 g/mol. The standard InChI is InChI=1S/C11H23N3OS/c1-4-14(5-2)8-6-7-13-11(15)9(3)10(12)16/h9H,4-8H2,1-3H3,(H2,12,16)(H,13,15). The second-order valence-corrected chi connectivity index (χ2v) is 4.27. The molecule has 1 amide bonds. The lowest BCUT2D eigenvalue weighted by Crippen LogP contribution is -2.37. The van der Waals surface area contributed by atoms with Crippen molar-refractivity contribution in [3.05, 3.63) is 0 Å². The smallest absolute Gasteiger partial charge is 0.229 e. The molecule has 0 aromatic heterocycles. The Morgan fingerprint density at radius 2 is 2.00 bits per heavy atom. The third-order valence-corrected chi connectivity index (χ3v) is 3.02. The average molecular weight is 245 g/mol. The summed E-state index contributed by atoms with van der Waals surface area (Å²) in [4.78, 5) is 14.0. The molecule has 0 fully saturated rings. The highest BCUT2D eigenvalue weighted by Gasteiger charge is 2.14. The second kappa shape index (κ2) is 8.47. The maximum atomic E-state index is 11.5. The Labute approximate surface area is 104 Å². The fourth-order valence-corrected chi connectivity index (χ4v) is 1.44. The Morgan fingerprint density at radius 1 is 1.44 bits per heavy atom. The lowest BCUT2D eigenvalue weighted by Gasteiger charge is -2.18. The molecule has 1 atom stereocenters. The Balaban J connectivity index is 3.66. The van der Waals surface area contributed by atoms with Gasteiger partial charge in [-0.2, -0.15) is 0 Å². The van der Waals surface area contributed by atoms with Crippen LogP contribution >= 0.6 is 12.2 Å². The van der Waals surface area contributed by atoms with Crippen molar-refractivity contribution in [3.8, 4) is 0 Å². The predicted octanol–water partition coefficient (Wildman–Crippen LogP) is 0.757. The fourth-order valence-electron chi connectivity index (χ4n) is 1.34. The molecule has 0 aliphatic heterocycles. The highest BCUT2D eigenvalue weighted by Crippen LogP contribution is 1.95. The monoisotopic (exact) mass is 245 g/mol. The molecule has 0 aromatic carbocycles. The minimum absolute atomic E-state index is 0.0768. The van der Waals surface area contributed by atoms with Gasteiger partial charge in [0.15, 0.2) is 0 Å². The fraction of sp³-hybridized carbons (Fsp3) is 0.818. The van der Waals surface area contributed by atoms with Gasteiger partial charge in [-0.15, -0.1) is 0 Å². The van der Waals surface area contributed by atoms with Gasteiger partial charge in [-0.25, -0.2) is 0 Å². The van der Waals surface area contributed by atoms with E-state index in [2.05, 4.69) is 24.1 Å². The Morgan fingerprint density at radius 3 is 2.44 bits per heavy atom. The number of nitrogens with one attached hydrogen (secondary N) is 1. The van der Waals surface area contributed by atoms with Crippen LogP contribution in [0.4, 0.5) is 0 Å². The number of rotatable bonds is 8. The average Bonchev–Trinajstić information content (AvgIpc) is 2.27. The summed E-state index contributed by atoms with van der Waals surface area (Å²) in [5.74, 6) is -0.449. The molecule has 3 N–H and O–H groups in total. The van der Waals surface area contributed by atoms with Crippen LogP contribution in [0, 0.1) is 5.92 Å². The minimum atomic E-state index is -0.372. The maximum Gasteiger partial charge on any atom is 0.229 e. The normalized spacial score (nSPS) is 12.5. The third-order valence-electron chi connectivity index (χ3n) is 2.66. The molecule has 94 valence electrons. The molecule has 0 aliphatic carbocycles. The predicted molar refractivity (Wildman–Crippen MR) is 71.4 cm³/mol. The van der Waals surface area contributed by atoms with Gasteiger partial charge in [0.05, 0.1) is 10.9 Å². The highest BCUT2D eigenvalue weighted by atomic mass is 32.1. The number of carbonyl (C=O) groups is 1. The molecule has 0 heterocycles. The molecule has 0 rings (SSSR count). The first kappa shape index (κ1) is 15.3. The van der Waals surface area contributed by atoms with Crippen LogP contribution in [0.3, 0.4) is 0 Å². The molecular formula is C11H23N3OS. The van der Waals surface area contributed by atoms with Gasteiger partial charge in [0.25, 0.3) is 0 Å². The van der Waals surface area contributed by atoms with Crippen molar-refractivity contribution in [2.75, 3.05) is 26.2 Å². The molecule has 0 aromatic rings. The van der Waals surface area contributed by atoms with Gasteiger partial charge >= 0.3 is 0 Å². The van der Waals surface area contributed by atoms with Gasteiger partial charge in [0, 0.05) is 6.54 Å².